The SMILES string of the molecule is COC(=O)NC1=C2C#C/C=C\C#C[C@H](OC3OC(C)C(SC)(C(=O)c4nccc5c4[nH]c4c(I)cccc45)C(O)C3OC3CC(OC)C(NC(C)C)CO3)C2/C(=C\CSC(C)=O)[C@@H](O)CC1=O. The van der Waals surface area contributed by atoms with Gasteiger partial charge in [-0.15, -0.1) is 11.8 Å². The first-order valence-corrected chi connectivity index (χ1v) is 24.9. The summed E-state index contributed by atoms with van der Waals surface area (Å²) in [6.45, 7) is 7.28. The van der Waals surface area contributed by atoms with Gasteiger partial charge in [-0.3, -0.25) is 24.7 Å². The number of H-pyrrole nitrogens is 1. The van der Waals surface area contributed by atoms with Crippen LogP contribution in [0.1, 0.15) is 51.0 Å². The fraction of sp³-hybridized carbons (Fsp3) is 0.479. The second-order valence-corrected chi connectivity index (χ2v) is 20.0. The molecule has 16 nitrogen and oxygen atoms in total. The number of fused-ring (bicyclic) bond motifs is 4. The number of carbonyl (C=O) groups is 4. The number of nitrogens with one attached hydrogen (secondary N) is 3. The van der Waals surface area contributed by atoms with Gasteiger partial charge < -0.3 is 48.9 Å². The summed E-state index contributed by atoms with van der Waals surface area (Å²) in [6.07, 6.45) is -3.26. The van der Waals surface area contributed by atoms with Gasteiger partial charge in [0.05, 0.1) is 60.7 Å². The van der Waals surface area contributed by atoms with Gasteiger partial charge in [-0.25, -0.2) is 4.79 Å². The number of aliphatic hydroxyl groups excluding tert-OH is 2. The molecule has 356 valence electrons. The van der Waals surface area contributed by atoms with Crippen molar-refractivity contribution in [3.8, 4) is 23.7 Å². The minimum Gasteiger partial charge on any atom is -0.453 e. The molecular formula is C48H53IN4O12S2. The molecule has 0 bridgehead atoms. The van der Waals surface area contributed by atoms with E-state index in [9.17, 15) is 24.6 Å². The fourth-order valence-corrected chi connectivity index (χ4v) is 11.2. The fourth-order valence-electron chi connectivity index (χ4n) is 9.01. The molecule has 11 atom stereocenters. The molecule has 2 aliphatic carbocycles. The number of nitrogens with zero attached hydrogens (tertiary/aromatic N) is 1. The van der Waals surface area contributed by atoms with Gasteiger partial charge in [-0.05, 0) is 65.6 Å². The molecule has 4 heterocycles. The number of methoxy groups -OCH3 is 2. The number of halogens is 1. The molecule has 7 rings (SSSR count). The van der Waals surface area contributed by atoms with Gasteiger partial charge in [-0.2, -0.15) is 0 Å². The zero-order valence-corrected chi connectivity index (χ0v) is 41.7. The Hall–Kier alpha value is -4.10. The van der Waals surface area contributed by atoms with Crippen LogP contribution < -0.4 is 10.6 Å². The summed E-state index contributed by atoms with van der Waals surface area (Å²) in [5, 5.41) is 32.2. The highest BCUT2D eigenvalue weighted by Crippen LogP contribution is 2.46. The Morgan fingerprint density at radius 1 is 1.12 bits per heavy atom. The van der Waals surface area contributed by atoms with Crippen LogP contribution in [0, 0.1) is 33.2 Å². The first-order chi connectivity index (χ1) is 32.1. The molecule has 0 saturated carbocycles. The molecule has 9 unspecified atom stereocenters. The van der Waals surface area contributed by atoms with Crippen LogP contribution in [-0.2, 0) is 38.0 Å². The molecule has 19 heteroatoms. The molecule has 0 radical (unpaired) electrons. The zero-order valence-electron chi connectivity index (χ0n) is 37.9. The van der Waals surface area contributed by atoms with E-state index < -0.39 is 77.8 Å². The first-order valence-electron chi connectivity index (χ1n) is 21.6. The van der Waals surface area contributed by atoms with E-state index in [0.29, 0.717) is 5.52 Å². The minimum atomic E-state index is -1.76. The second-order valence-electron chi connectivity index (χ2n) is 16.6. The van der Waals surface area contributed by atoms with Crippen molar-refractivity contribution in [2.45, 2.75) is 107 Å². The topological polar surface area (TPSA) is 217 Å². The largest absolute Gasteiger partial charge is 0.453 e. The molecule has 1 aromatic carbocycles. The number of Topliss-reactive ketones (excluding diaryl/α,β-unsaturated/α-hetero) is 2. The maximum absolute atomic E-state index is 15.4. The summed E-state index contributed by atoms with van der Waals surface area (Å²) in [6, 6.07) is 7.63. The number of alkyl carbamates (subject to hydrolysis) is 1. The number of aromatic nitrogens is 2. The number of rotatable bonds is 13. The van der Waals surface area contributed by atoms with Crippen molar-refractivity contribution in [3.05, 3.63) is 74.8 Å². The maximum Gasteiger partial charge on any atom is 0.411 e. The van der Waals surface area contributed by atoms with Crippen LogP contribution >= 0.6 is 46.1 Å². The van der Waals surface area contributed by atoms with E-state index in [1.807, 2.05) is 38.1 Å². The highest BCUT2D eigenvalue weighted by atomic mass is 127. The number of hydrogen-bond donors (Lipinski definition) is 5. The summed E-state index contributed by atoms with van der Waals surface area (Å²) < 4.78 is 36.7. The highest BCUT2D eigenvalue weighted by molar-refractivity contribution is 14.1. The van der Waals surface area contributed by atoms with Crippen LogP contribution in [0.3, 0.4) is 0 Å². The van der Waals surface area contributed by atoms with Crippen molar-refractivity contribution in [1.29, 1.82) is 0 Å². The van der Waals surface area contributed by atoms with E-state index in [1.54, 1.807) is 32.6 Å². The van der Waals surface area contributed by atoms with Crippen molar-refractivity contribution in [2.75, 3.05) is 32.8 Å². The van der Waals surface area contributed by atoms with E-state index >= 15 is 4.79 Å². The van der Waals surface area contributed by atoms with Crippen LogP contribution in [0.15, 0.2) is 65.5 Å². The summed E-state index contributed by atoms with van der Waals surface area (Å²) in [4.78, 5) is 62.2. The number of ether oxygens (including phenoxy) is 6. The lowest BCUT2D eigenvalue weighted by atomic mass is 9.82. The van der Waals surface area contributed by atoms with Crippen LogP contribution in [0.5, 0.6) is 0 Å². The number of para-hydroxylation sites is 1. The third kappa shape index (κ3) is 10.6. The summed E-state index contributed by atoms with van der Waals surface area (Å²) in [5.74, 6) is 9.63. The number of ketones is 2. The Labute approximate surface area is 410 Å². The molecule has 67 heavy (non-hydrogen) atoms. The number of benzene rings is 1. The number of aromatic amines is 1. The summed E-state index contributed by atoms with van der Waals surface area (Å²) in [7, 11) is 2.74. The number of amides is 1. The molecule has 5 N–H and O–H groups in total. The van der Waals surface area contributed by atoms with Gasteiger partial charge in [0.2, 0.25) is 5.78 Å². The lowest BCUT2D eigenvalue weighted by molar-refractivity contribution is -0.326. The summed E-state index contributed by atoms with van der Waals surface area (Å²) in [5.41, 5.74) is 1.45. The maximum atomic E-state index is 15.4. The van der Waals surface area contributed by atoms with Crippen molar-refractivity contribution < 1.29 is 57.8 Å². The number of pyridine rings is 1. The number of carbonyl (C=O) groups excluding carboxylic acids is 4. The van der Waals surface area contributed by atoms with Crippen LogP contribution in [0.25, 0.3) is 21.8 Å². The van der Waals surface area contributed by atoms with Crippen molar-refractivity contribution in [3.63, 3.8) is 0 Å². The number of thioether (sulfide) groups is 2. The Bertz CT molecular complexity index is 2630. The first kappa shape index (κ1) is 50.8. The van der Waals surface area contributed by atoms with Gasteiger partial charge >= 0.3 is 6.09 Å². The molecule has 4 aliphatic rings. The molecule has 0 spiro atoms. The predicted molar refractivity (Wildman–Crippen MR) is 262 cm³/mol. The van der Waals surface area contributed by atoms with Gasteiger partial charge in [0.1, 0.15) is 28.8 Å². The number of aliphatic hydroxyl groups is 2. The molecular weight excluding hydrogens is 1020 g/mol. The Balaban J connectivity index is 1.35. The Kier molecular flexibility index (Phi) is 16.8. The summed E-state index contributed by atoms with van der Waals surface area (Å²) >= 11 is 4.31. The second kappa shape index (κ2) is 22.1. The molecule has 1 amide bonds. The lowest BCUT2D eigenvalue weighted by Gasteiger charge is -2.51. The quantitative estimate of drug-likeness (QED) is 0.0663. The molecule has 2 fully saturated rings. The molecule has 3 aromatic rings. The van der Waals surface area contributed by atoms with Crippen LogP contribution in [0.2, 0.25) is 0 Å². The standard InChI is InChI=1S/C48H53IN4O12S2/c1-24(2)51-32-23-62-37(22-36(32)60-5)65-43-45(58)48(66-7,44(57)42-41-28(17-19-50-42)27-14-12-15-31(49)39(27)52-41)25(3)63-46(43)64-35-16-11-9-8-10-13-30-38(35)29(18-20-67-26(4)54)33(55)21-34(56)40(30)53-47(59)61-6/h8-9,12,14-15,17-19,24-25,32-33,35-38,43,45-46,51-52,55,58H,20-23H2,1-7H3,(H,53,59)/b9-8-,29-18-/t25?,32?,33-,35-,36?,37?,38?,43?,45?,46?,48?/m0/s1. The number of allylic oxidation sites excluding steroid dienone is 3. The average Bonchev–Trinajstić information content (AvgIpc) is 3.69. The lowest BCUT2D eigenvalue weighted by Crippen LogP contribution is -2.69. The van der Waals surface area contributed by atoms with Crippen LogP contribution in [0.4, 0.5) is 4.79 Å². The average molecular weight is 1070 g/mol. The van der Waals surface area contributed by atoms with Gasteiger partial charge in [0, 0.05) is 64.8 Å². The van der Waals surface area contributed by atoms with E-state index in [4.69, 9.17) is 28.4 Å². The Morgan fingerprint density at radius 3 is 2.60 bits per heavy atom. The molecule has 2 saturated heterocycles. The third-order valence-electron chi connectivity index (χ3n) is 12.1. The zero-order chi connectivity index (χ0) is 48.2. The number of hydrogen-bond acceptors (Lipinski definition) is 16. The monoisotopic (exact) mass is 1070 g/mol. The Morgan fingerprint density at radius 2 is 1.88 bits per heavy atom. The van der Waals surface area contributed by atoms with Crippen LogP contribution in [-0.4, -0.2) is 142 Å². The molecule has 2 aromatic heterocycles. The highest BCUT2D eigenvalue weighted by Gasteiger charge is 2.61. The predicted octanol–water partition coefficient (Wildman–Crippen LogP) is 4.95. The van der Waals surface area contributed by atoms with Crippen molar-refractivity contribution in [2.24, 2.45) is 5.92 Å². The molecule has 2 aliphatic heterocycles. The van der Waals surface area contributed by atoms with Gasteiger partial charge in [-0.1, -0.05) is 67.5 Å². The van der Waals surface area contributed by atoms with E-state index in [1.165, 1.54) is 19.1 Å². The van der Waals surface area contributed by atoms with Gasteiger partial charge in [0.15, 0.2) is 23.5 Å². The minimum absolute atomic E-state index is 0.0433. The van der Waals surface area contributed by atoms with Crippen molar-refractivity contribution >= 4 is 90.7 Å². The smallest absolute Gasteiger partial charge is 0.411 e. The van der Waals surface area contributed by atoms with E-state index in [-0.39, 0.29) is 64.6 Å². The van der Waals surface area contributed by atoms with E-state index in [0.717, 1.165) is 50.5 Å². The van der Waals surface area contributed by atoms with Crippen molar-refractivity contribution in [1.82, 2.24) is 20.6 Å². The van der Waals surface area contributed by atoms with Gasteiger partial charge in [0.25, 0.3) is 0 Å². The third-order valence-corrected chi connectivity index (χ3v) is 15.2. The van der Waals surface area contributed by atoms with E-state index in [2.05, 4.69) is 66.9 Å². The normalized spacial score (nSPS) is 30.9.